The second-order valence-corrected chi connectivity index (χ2v) is 5.10. The maximum absolute atomic E-state index is 11.2. The molecule has 18 heavy (non-hydrogen) atoms. The molecule has 0 radical (unpaired) electrons. The minimum atomic E-state index is -0.888. The van der Waals surface area contributed by atoms with Gasteiger partial charge in [0.15, 0.2) is 0 Å². The summed E-state index contributed by atoms with van der Waals surface area (Å²) in [6, 6.07) is 0.518. The molecule has 0 aromatic carbocycles. The van der Waals surface area contributed by atoms with Crippen molar-refractivity contribution in [2.45, 2.75) is 45.2 Å². The van der Waals surface area contributed by atoms with E-state index in [1.807, 2.05) is 7.05 Å². The van der Waals surface area contributed by atoms with E-state index in [0.717, 1.165) is 12.2 Å². The van der Waals surface area contributed by atoms with Crippen LogP contribution in [0.25, 0.3) is 0 Å². The molecule has 2 rings (SSSR count). The highest BCUT2D eigenvalue weighted by molar-refractivity contribution is 5.88. The number of hydrogen-bond acceptors (Lipinski definition) is 3. The lowest BCUT2D eigenvalue weighted by atomic mass is 10.1. The zero-order valence-electron chi connectivity index (χ0n) is 11.1. The monoisotopic (exact) mass is 251 g/mol. The van der Waals surface area contributed by atoms with Crippen molar-refractivity contribution < 1.29 is 9.90 Å². The maximum atomic E-state index is 11.2. The van der Waals surface area contributed by atoms with Crippen LogP contribution in [-0.4, -0.2) is 38.3 Å². The Hall–Kier alpha value is -1.36. The van der Waals surface area contributed by atoms with E-state index in [0.29, 0.717) is 18.2 Å². The van der Waals surface area contributed by atoms with Gasteiger partial charge in [-0.25, -0.2) is 4.79 Å². The van der Waals surface area contributed by atoms with E-state index >= 15 is 0 Å². The molecular weight excluding hydrogens is 230 g/mol. The molecule has 1 aromatic rings. The number of nitrogens with zero attached hydrogens (tertiary/aromatic N) is 3. The van der Waals surface area contributed by atoms with Crippen molar-refractivity contribution in [1.82, 2.24) is 14.7 Å². The average molecular weight is 251 g/mol. The SMILES string of the molecule is CC1CCCCCN1Cc1c(C(=O)O)cnn1C. The van der Waals surface area contributed by atoms with E-state index < -0.39 is 5.97 Å². The fraction of sp³-hybridized carbons (Fsp3) is 0.692. The van der Waals surface area contributed by atoms with Crippen LogP contribution in [-0.2, 0) is 13.6 Å². The Balaban J connectivity index is 2.17. The van der Waals surface area contributed by atoms with Crippen LogP contribution < -0.4 is 0 Å². The fourth-order valence-corrected chi connectivity index (χ4v) is 2.59. The Labute approximate surface area is 107 Å². The standard InChI is InChI=1S/C13H21N3O2/c1-10-6-4-3-5-7-16(10)9-12-11(13(17)18)8-14-15(12)2/h8,10H,3-7,9H2,1-2H3,(H,17,18). The number of likely N-dealkylation sites (tertiary alicyclic amines) is 1. The molecule has 0 saturated carbocycles. The largest absolute Gasteiger partial charge is 0.478 e. The van der Waals surface area contributed by atoms with Crippen molar-refractivity contribution in [1.29, 1.82) is 0 Å². The summed E-state index contributed by atoms with van der Waals surface area (Å²) in [5.41, 5.74) is 1.13. The van der Waals surface area contributed by atoms with Gasteiger partial charge in [-0.05, 0) is 26.3 Å². The molecule has 1 aromatic heterocycles. The van der Waals surface area contributed by atoms with Gasteiger partial charge in [-0.2, -0.15) is 5.10 Å². The van der Waals surface area contributed by atoms with Gasteiger partial charge in [0.1, 0.15) is 5.56 Å². The van der Waals surface area contributed by atoms with Gasteiger partial charge in [-0.1, -0.05) is 12.8 Å². The van der Waals surface area contributed by atoms with E-state index in [-0.39, 0.29) is 0 Å². The molecule has 1 atom stereocenters. The Morgan fingerprint density at radius 1 is 1.50 bits per heavy atom. The third-order valence-electron chi connectivity index (χ3n) is 3.84. The van der Waals surface area contributed by atoms with E-state index in [1.165, 1.54) is 31.9 Å². The molecule has 1 fully saturated rings. The van der Waals surface area contributed by atoms with Crippen molar-refractivity contribution >= 4 is 5.97 Å². The van der Waals surface area contributed by atoms with Gasteiger partial charge in [0.2, 0.25) is 0 Å². The highest BCUT2D eigenvalue weighted by Gasteiger charge is 2.22. The van der Waals surface area contributed by atoms with Crippen LogP contribution in [0.5, 0.6) is 0 Å². The third kappa shape index (κ3) is 2.72. The quantitative estimate of drug-likeness (QED) is 0.891. The van der Waals surface area contributed by atoms with E-state index in [4.69, 9.17) is 5.11 Å². The van der Waals surface area contributed by atoms with Gasteiger partial charge in [0, 0.05) is 19.6 Å². The van der Waals surface area contributed by atoms with Crippen molar-refractivity contribution in [3.8, 4) is 0 Å². The zero-order valence-corrected chi connectivity index (χ0v) is 11.1. The first-order chi connectivity index (χ1) is 8.59. The molecule has 2 heterocycles. The second-order valence-electron chi connectivity index (χ2n) is 5.10. The summed E-state index contributed by atoms with van der Waals surface area (Å²) < 4.78 is 1.68. The summed E-state index contributed by atoms with van der Waals surface area (Å²) in [6.45, 7) is 3.95. The van der Waals surface area contributed by atoms with Gasteiger partial charge in [0.25, 0.3) is 0 Å². The molecule has 5 heteroatoms. The lowest BCUT2D eigenvalue weighted by Crippen LogP contribution is -2.33. The minimum absolute atomic E-state index is 0.328. The van der Waals surface area contributed by atoms with Crippen LogP contribution in [0.1, 0.15) is 48.7 Å². The fourth-order valence-electron chi connectivity index (χ4n) is 2.59. The van der Waals surface area contributed by atoms with E-state index in [1.54, 1.807) is 4.68 Å². The summed E-state index contributed by atoms with van der Waals surface area (Å²) in [4.78, 5) is 13.5. The predicted octanol–water partition coefficient (Wildman–Crippen LogP) is 1.88. The van der Waals surface area contributed by atoms with Gasteiger partial charge < -0.3 is 5.11 Å². The van der Waals surface area contributed by atoms with Crippen LogP contribution >= 0.6 is 0 Å². The Kier molecular flexibility index (Phi) is 4.01. The molecule has 1 N–H and O–H groups in total. The van der Waals surface area contributed by atoms with Crippen LogP contribution in [0.3, 0.4) is 0 Å². The molecule has 1 saturated heterocycles. The lowest BCUT2D eigenvalue weighted by Gasteiger charge is -2.27. The lowest BCUT2D eigenvalue weighted by molar-refractivity contribution is 0.0693. The minimum Gasteiger partial charge on any atom is -0.478 e. The number of aryl methyl sites for hydroxylation is 1. The molecular formula is C13H21N3O2. The number of carboxylic acid groups (broad SMARTS) is 1. The highest BCUT2D eigenvalue weighted by atomic mass is 16.4. The summed E-state index contributed by atoms with van der Waals surface area (Å²) in [5.74, 6) is -0.888. The first-order valence-electron chi connectivity index (χ1n) is 6.58. The van der Waals surface area contributed by atoms with Gasteiger partial charge >= 0.3 is 5.97 Å². The first-order valence-corrected chi connectivity index (χ1v) is 6.58. The van der Waals surface area contributed by atoms with Crippen LogP contribution in [0.4, 0.5) is 0 Å². The topological polar surface area (TPSA) is 58.4 Å². The van der Waals surface area contributed by atoms with Crippen molar-refractivity contribution in [2.75, 3.05) is 6.54 Å². The van der Waals surface area contributed by atoms with Gasteiger partial charge in [-0.15, -0.1) is 0 Å². The first kappa shape index (κ1) is 13.1. The summed E-state index contributed by atoms with van der Waals surface area (Å²) >= 11 is 0. The van der Waals surface area contributed by atoms with Gasteiger partial charge in [0.05, 0.1) is 11.9 Å². The molecule has 5 nitrogen and oxygen atoms in total. The highest BCUT2D eigenvalue weighted by Crippen LogP contribution is 2.20. The normalized spacial score (nSPS) is 21.8. The average Bonchev–Trinajstić information content (AvgIpc) is 2.55. The predicted molar refractivity (Wildman–Crippen MR) is 68.5 cm³/mol. The zero-order chi connectivity index (χ0) is 13.1. The number of rotatable bonds is 3. The molecule has 1 aliphatic rings. The number of hydrogen-bond donors (Lipinski definition) is 1. The molecule has 1 aliphatic heterocycles. The Morgan fingerprint density at radius 2 is 2.28 bits per heavy atom. The van der Waals surface area contributed by atoms with Crippen LogP contribution in [0, 0.1) is 0 Å². The summed E-state index contributed by atoms with van der Waals surface area (Å²) in [6.07, 6.45) is 6.39. The van der Waals surface area contributed by atoms with Crippen molar-refractivity contribution in [2.24, 2.45) is 7.05 Å². The third-order valence-corrected chi connectivity index (χ3v) is 3.84. The molecule has 100 valence electrons. The Morgan fingerprint density at radius 3 is 3.00 bits per heavy atom. The molecule has 0 bridgehead atoms. The molecule has 0 aliphatic carbocycles. The van der Waals surface area contributed by atoms with Crippen molar-refractivity contribution in [3.05, 3.63) is 17.5 Å². The van der Waals surface area contributed by atoms with E-state index in [2.05, 4.69) is 16.9 Å². The molecule has 0 spiro atoms. The number of aromatic nitrogens is 2. The Bertz CT molecular complexity index is 428. The number of carbonyl (C=O) groups is 1. The maximum Gasteiger partial charge on any atom is 0.339 e. The van der Waals surface area contributed by atoms with Crippen LogP contribution in [0.15, 0.2) is 6.20 Å². The summed E-state index contributed by atoms with van der Waals surface area (Å²) in [5, 5.41) is 13.2. The van der Waals surface area contributed by atoms with Crippen LogP contribution in [0.2, 0.25) is 0 Å². The molecule has 0 amide bonds. The van der Waals surface area contributed by atoms with Gasteiger partial charge in [-0.3, -0.25) is 9.58 Å². The smallest absolute Gasteiger partial charge is 0.339 e. The second kappa shape index (κ2) is 5.52. The molecule has 1 unspecified atom stereocenters. The summed E-state index contributed by atoms with van der Waals surface area (Å²) in [7, 11) is 1.81. The van der Waals surface area contributed by atoms with Crippen molar-refractivity contribution in [3.63, 3.8) is 0 Å². The number of carboxylic acids is 1. The van der Waals surface area contributed by atoms with E-state index in [9.17, 15) is 4.79 Å². The number of aromatic carboxylic acids is 1.